The van der Waals surface area contributed by atoms with Gasteiger partial charge in [-0.15, -0.1) is 0 Å². The molecule has 2 aromatic rings. The molecule has 1 fully saturated rings. The average Bonchev–Trinajstić information content (AvgIpc) is 3.06. The van der Waals surface area contributed by atoms with Gasteiger partial charge in [-0.25, -0.2) is 13.2 Å². The standard InChI is InChI=1S/C17H15BrClF3N4O2/c1-17(21,22)11-8(20)4-3-5-9(11)23-15(27)10-7(6-26(2)16(10)28)13-12(18)14(19)25-24-13/h3-5,7,10H,6H2,1-2H3,(H,23,27)(H,24,25)/t7-,10-/m0/s1. The van der Waals surface area contributed by atoms with Crippen molar-refractivity contribution in [2.45, 2.75) is 18.8 Å². The number of aromatic nitrogens is 2. The largest absolute Gasteiger partial charge is 0.344 e. The molecule has 0 bridgehead atoms. The van der Waals surface area contributed by atoms with Gasteiger partial charge in [0.1, 0.15) is 11.7 Å². The minimum atomic E-state index is -3.52. The topological polar surface area (TPSA) is 78.1 Å². The summed E-state index contributed by atoms with van der Waals surface area (Å²) in [6.07, 6.45) is 0. The first-order valence-electron chi connectivity index (χ1n) is 8.14. The molecular formula is C17H15BrClF3N4O2. The number of hydrogen-bond acceptors (Lipinski definition) is 3. The number of benzene rings is 1. The predicted molar refractivity (Wildman–Crippen MR) is 99.8 cm³/mol. The SMILES string of the molecule is CN1C[C@H](c2[nH]nc(Cl)c2Br)[C@@H](C(=O)Nc2cccc(F)c2C(C)(F)F)C1=O. The summed E-state index contributed by atoms with van der Waals surface area (Å²) in [7, 11) is 1.52. The summed E-state index contributed by atoms with van der Waals surface area (Å²) < 4.78 is 42.1. The lowest BCUT2D eigenvalue weighted by molar-refractivity contribution is -0.135. The van der Waals surface area contributed by atoms with Crippen LogP contribution in [-0.2, 0) is 15.5 Å². The van der Waals surface area contributed by atoms with E-state index in [1.165, 1.54) is 18.0 Å². The van der Waals surface area contributed by atoms with Gasteiger partial charge in [0, 0.05) is 26.4 Å². The molecule has 1 aromatic heterocycles. The zero-order valence-corrected chi connectivity index (χ0v) is 17.0. The van der Waals surface area contributed by atoms with Crippen molar-refractivity contribution in [3.8, 4) is 0 Å². The molecule has 0 aliphatic carbocycles. The Morgan fingerprint density at radius 2 is 2.14 bits per heavy atom. The number of likely N-dealkylation sites (N-methyl/N-ethyl adjacent to an activating group) is 1. The van der Waals surface area contributed by atoms with Crippen LogP contribution in [0.3, 0.4) is 0 Å². The monoisotopic (exact) mass is 478 g/mol. The maximum Gasteiger partial charge on any atom is 0.275 e. The van der Waals surface area contributed by atoms with Crippen LogP contribution in [0, 0.1) is 11.7 Å². The van der Waals surface area contributed by atoms with Crippen molar-refractivity contribution in [3.63, 3.8) is 0 Å². The lowest BCUT2D eigenvalue weighted by atomic mass is 9.91. The van der Waals surface area contributed by atoms with E-state index >= 15 is 0 Å². The van der Waals surface area contributed by atoms with Crippen LogP contribution in [0.4, 0.5) is 18.9 Å². The number of carbonyl (C=O) groups excluding carboxylic acids is 2. The Morgan fingerprint density at radius 3 is 2.71 bits per heavy atom. The Kier molecular flexibility index (Phi) is 5.46. The van der Waals surface area contributed by atoms with Crippen LogP contribution >= 0.6 is 27.5 Å². The molecule has 2 amide bonds. The van der Waals surface area contributed by atoms with Gasteiger partial charge < -0.3 is 10.2 Å². The average molecular weight is 480 g/mol. The molecule has 150 valence electrons. The molecule has 1 aliphatic heterocycles. The third-order valence-electron chi connectivity index (χ3n) is 4.57. The number of likely N-dealkylation sites (tertiary alicyclic amines) is 1. The Balaban J connectivity index is 1.96. The van der Waals surface area contributed by atoms with Gasteiger partial charge in [-0.1, -0.05) is 17.7 Å². The molecule has 0 unspecified atom stereocenters. The summed E-state index contributed by atoms with van der Waals surface area (Å²) in [5.74, 6) is -7.87. The molecule has 1 aliphatic rings. The number of hydrogen-bond donors (Lipinski definition) is 2. The van der Waals surface area contributed by atoms with E-state index in [2.05, 4.69) is 31.4 Å². The van der Waals surface area contributed by atoms with Crippen LogP contribution in [0.5, 0.6) is 0 Å². The van der Waals surface area contributed by atoms with Crippen LogP contribution in [-0.4, -0.2) is 40.5 Å². The molecule has 2 atom stereocenters. The quantitative estimate of drug-likeness (QED) is 0.653. The molecular weight excluding hydrogens is 465 g/mol. The van der Waals surface area contributed by atoms with Gasteiger partial charge in [0.25, 0.3) is 5.92 Å². The maximum atomic E-state index is 14.0. The molecule has 3 rings (SSSR count). The minimum absolute atomic E-state index is 0.134. The maximum absolute atomic E-state index is 14.0. The molecule has 0 radical (unpaired) electrons. The van der Waals surface area contributed by atoms with Crippen molar-refractivity contribution in [2.75, 3.05) is 18.9 Å². The highest BCUT2D eigenvalue weighted by molar-refractivity contribution is 9.10. The predicted octanol–water partition coefficient (Wildman–Crippen LogP) is 3.89. The highest BCUT2D eigenvalue weighted by atomic mass is 79.9. The first-order chi connectivity index (χ1) is 13.0. The number of nitrogens with one attached hydrogen (secondary N) is 2. The van der Waals surface area contributed by atoms with E-state index in [0.29, 0.717) is 17.1 Å². The van der Waals surface area contributed by atoms with Crippen LogP contribution in [0.25, 0.3) is 0 Å². The number of H-pyrrole nitrogens is 1. The van der Waals surface area contributed by atoms with Crippen LogP contribution in [0.1, 0.15) is 24.1 Å². The van der Waals surface area contributed by atoms with Crippen molar-refractivity contribution in [3.05, 3.63) is 44.9 Å². The Morgan fingerprint density at radius 1 is 1.46 bits per heavy atom. The number of amides is 2. The number of halogens is 5. The van der Waals surface area contributed by atoms with Crippen molar-refractivity contribution in [2.24, 2.45) is 5.92 Å². The lowest BCUT2D eigenvalue weighted by Gasteiger charge is -2.20. The Hall–Kier alpha value is -2.07. The highest BCUT2D eigenvalue weighted by Crippen LogP contribution is 2.40. The minimum Gasteiger partial charge on any atom is -0.344 e. The summed E-state index contributed by atoms with van der Waals surface area (Å²) in [5, 5.41) is 8.93. The highest BCUT2D eigenvalue weighted by Gasteiger charge is 2.46. The van der Waals surface area contributed by atoms with Gasteiger partial charge in [-0.3, -0.25) is 14.7 Å². The fraction of sp³-hybridized carbons (Fsp3) is 0.353. The van der Waals surface area contributed by atoms with E-state index in [-0.39, 0.29) is 17.4 Å². The van der Waals surface area contributed by atoms with E-state index in [1.54, 1.807) is 0 Å². The molecule has 1 saturated heterocycles. The fourth-order valence-electron chi connectivity index (χ4n) is 3.30. The second-order valence-electron chi connectivity index (χ2n) is 6.59. The zero-order chi connectivity index (χ0) is 20.8. The smallest absolute Gasteiger partial charge is 0.275 e. The summed E-state index contributed by atoms with van der Waals surface area (Å²) in [5.41, 5.74) is -0.895. The number of nitrogens with zero attached hydrogens (tertiary/aromatic N) is 2. The first kappa shape index (κ1) is 20.7. The molecule has 28 heavy (non-hydrogen) atoms. The van der Waals surface area contributed by atoms with E-state index in [0.717, 1.165) is 12.1 Å². The summed E-state index contributed by atoms with van der Waals surface area (Å²) >= 11 is 9.17. The third-order valence-corrected chi connectivity index (χ3v) is 5.88. The van der Waals surface area contributed by atoms with Crippen LogP contribution < -0.4 is 5.32 Å². The number of carbonyl (C=O) groups is 2. The van der Waals surface area contributed by atoms with Crippen molar-refractivity contribution >= 4 is 45.0 Å². The third kappa shape index (κ3) is 3.62. The van der Waals surface area contributed by atoms with Crippen LogP contribution in [0.2, 0.25) is 5.15 Å². The van der Waals surface area contributed by atoms with E-state index in [1.807, 2.05) is 0 Å². The Bertz CT molecular complexity index is 947. The zero-order valence-electron chi connectivity index (χ0n) is 14.7. The number of aromatic amines is 1. The summed E-state index contributed by atoms with van der Waals surface area (Å²) in [4.78, 5) is 26.7. The molecule has 1 aromatic carbocycles. The van der Waals surface area contributed by atoms with E-state index in [4.69, 9.17) is 11.6 Å². The number of alkyl halides is 2. The summed E-state index contributed by atoms with van der Waals surface area (Å²) in [6.45, 7) is 0.718. The van der Waals surface area contributed by atoms with Gasteiger partial charge >= 0.3 is 0 Å². The molecule has 11 heteroatoms. The second kappa shape index (κ2) is 7.40. The number of rotatable bonds is 4. The fourth-order valence-corrected chi connectivity index (χ4v) is 3.92. The van der Waals surface area contributed by atoms with Crippen LogP contribution in [0.15, 0.2) is 22.7 Å². The van der Waals surface area contributed by atoms with Gasteiger partial charge in [-0.05, 0) is 28.1 Å². The number of anilines is 1. The van der Waals surface area contributed by atoms with E-state index < -0.39 is 41.0 Å². The lowest BCUT2D eigenvalue weighted by Crippen LogP contribution is -2.33. The summed E-state index contributed by atoms with van der Waals surface area (Å²) in [6, 6.07) is 3.24. The van der Waals surface area contributed by atoms with Crippen molar-refractivity contribution in [1.29, 1.82) is 0 Å². The van der Waals surface area contributed by atoms with Gasteiger partial charge in [0.05, 0.1) is 21.4 Å². The van der Waals surface area contributed by atoms with Gasteiger partial charge in [0.15, 0.2) is 5.15 Å². The molecule has 2 N–H and O–H groups in total. The van der Waals surface area contributed by atoms with Gasteiger partial charge in [-0.2, -0.15) is 5.10 Å². The molecule has 0 saturated carbocycles. The Labute approximate surface area is 171 Å². The molecule has 0 spiro atoms. The molecule has 6 nitrogen and oxygen atoms in total. The van der Waals surface area contributed by atoms with Crippen molar-refractivity contribution < 1.29 is 22.8 Å². The normalized spacial score (nSPS) is 20.0. The van der Waals surface area contributed by atoms with E-state index in [9.17, 15) is 22.8 Å². The first-order valence-corrected chi connectivity index (χ1v) is 9.31. The van der Waals surface area contributed by atoms with Crippen molar-refractivity contribution in [1.82, 2.24) is 15.1 Å². The van der Waals surface area contributed by atoms with Gasteiger partial charge in [0.2, 0.25) is 11.8 Å². The molecule has 2 heterocycles. The second-order valence-corrected chi connectivity index (χ2v) is 7.74.